The first-order chi connectivity index (χ1) is 6.60. The minimum absolute atomic E-state index is 0.194. The van der Waals surface area contributed by atoms with Gasteiger partial charge in [0.05, 0.1) is 6.10 Å². The van der Waals surface area contributed by atoms with Gasteiger partial charge in [-0.1, -0.05) is 0 Å². The van der Waals surface area contributed by atoms with E-state index in [4.69, 9.17) is 10.5 Å². The number of hydrogen-bond acceptors (Lipinski definition) is 3. The van der Waals surface area contributed by atoms with E-state index < -0.39 is 0 Å². The maximum atomic E-state index is 5.76. The molecule has 1 heterocycles. The second-order valence-electron chi connectivity index (χ2n) is 5.16. The van der Waals surface area contributed by atoms with Crippen molar-refractivity contribution in [3.8, 4) is 0 Å². The molecule has 1 saturated carbocycles. The lowest BCUT2D eigenvalue weighted by atomic mass is 9.80. The van der Waals surface area contributed by atoms with Gasteiger partial charge in [-0.25, -0.2) is 0 Å². The molecular formula is C11H22N2O. The van der Waals surface area contributed by atoms with Gasteiger partial charge in [0.1, 0.15) is 0 Å². The standard InChI is InChI=1S/C11H22N2O/c1-8-11(2,3-4-14-8)13-7-9-5-10(12)6-9/h8-10,13H,3-7,12H2,1-2H3. The number of nitrogens with two attached hydrogens (primary N) is 1. The lowest BCUT2D eigenvalue weighted by Crippen LogP contribution is -2.52. The first-order valence-electron chi connectivity index (χ1n) is 5.72. The Hall–Kier alpha value is -0.120. The van der Waals surface area contributed by atoms with Gasteiger partial charge in [0.25, 0.3) is 0 Å². The highest BCUT2D eigenvalue weighted by atomic mass is 16.5. The molecule has 0 bridgehead atoms. The summed E-state index contributed by atoms with van der Waals surface area (Å²) in [4.78, 5) is 0. The van der Waals surface area contributed by atoms with Crippen LogP contribution in [-0.2, 0) is 4.74 Å². The summed E-state index contributed by atoms with van der Waals surface area (Å²) < 4.78 is 5.59. The average molecular weight is 198 g/mol. The highest BCUT2D eigenvalue weighted by molar-refractivity contribution is 4.95. The quantitative estimate of drug-likeness (QED) is 0.707. The topological polar surface area (TPSA) is 47.3 Å². The molecular weight excluding hydrogens is 176 g/mol. The number of nitrogens with one attached hydrogen (secondary N) is 1. The van der Waals surface area contributed by atoms with Crippen molar-refractivity contribution in [2.75, 3.05) is 13.2 Å². The van der Waals surface area contributed by atoms with E-state index in [1.165, 1.54) is 12.8 Å². The van der Waals surface area contributed by atoms with Crippen LogP contribution in [0.5, 0.6) is 0 Å². The molecule has 2 atom stereocenters. The van der Waals surface area contributed by atoms with Crippen molar-refractivity contribution in [2.24, 2.45) is 11.7 Å². The van der Waals surface area contributed by atoms with E-state index >= 15 is 0 Å². The van der Waals surface area contributed by atoms with E-state index in [2.05, 4.69) is 19.2 Å². The molecule has 82 valence electrons. The largest absolute Gasteiger partial charge is 0.377 e. The van der Waals surface area contributed by atoms with E-state index in [1.54, 1.807) is 0 Å². The highest BCUT2D eigenvalue weighted by Gasteiger charge is 2.37. The number of rotatable bonds is 3. The van der Waals surface area contributed by atoms with E-state index in [9.17, 15) is 0 Å². The molecule has 2 rings (SSSR count). The molecule has 14 heavy (non-hydrogen) atoms. The van der Waals surface area contributed by atoms with Crippen molar-refractivity contribution in [3.63, 3.8) is 0 Å². The second kappa shape index (κ2) is 3.80. The van der Waals surface area contributed by atoms with Gasteiger partial charge in [0, 0.05) is 18.2 Å². The number of ether oxygens (including phenoxy) is 1. The van der Waals surface area contributed by atoms with Crippen LogP contribution in [0.15, 0.2) is 0 Å². The summed E-state index contributed by atoms with van der Waals surface area (Å²) >= 11 is 0. The Bertz CT molecular complexity index is 203. The Morgan fingerprint density at radius 2 is 2.21 bits per heavy atom. The van der Waals surface area contributed by atoms with Crippen molar-refractivity contribution >= 4 is 0 Å². The molecule has 3 nitrogen and oxygen atoms in total. The fourth-order valence-electron chi connectivity index (χ4n) is 2.40. The third-order valence-electron chi connectivity index (χ3n) is 3.95. The van der Waals surface area contributed by atoms with Crippen LogP contribution in [0.25, 0.3) is 0 Å². The number of hydrogen-bond donors (Lipinski definition) is 2. The van der Waals surface area contributed by atoms with E-state index in [1.807, 2.05) is 0 Å². The summed E-state index contributed by atoms with van der Waals surface area (Å²) in [5, 5.41) is 3.65. The predicted octanol–water partition coefficient (Wildman–Crippen LogP) is 0.881. The van der Waals surface area contributed by atoms with Crippen LogP contribution in [0.4, 0.5) is 0 Å². The first kappa shape index (κ1) is 10.4. The minimum atomic E-state index is 0.194. The zero-order chi connectivity index (χ0) is 10.2. The molecule has 2 fully saturated rings. The second-order valence-corrected chi connectivity index (χ2v) is 5.16. The maximum absolute atomic E-state index is 5.76. The zero-order valence-electron chi connectivity index (χ0n) is 9.25. The summed E-state index contributed by atoms with van der Waals surface area (Å²) in [5.41, 5.74) is 5.95. The van der Waals surface area contributed by atoms with Crippen molar-refractivity contribution in [2.45, 2.75) is 50.8 Å². The molecule has 1 aliphatic carbocycles. The summed E-state index contributed by atoms with van der Waals surface area (Å²) in [6.45, 7) is 6.43. The van der Waals surface area contributed by atoms with Crippen LogP contribution in [0, 0.1) is 5.92 Å². The van der Waals surface area contributed by atoms with Gasteiger partial charge in [-0.05, 0) is 45.6 Å². The van der Waals surface area contributed by atoms with Crippen molar-refractivity contribution in [1.29, 1.82) is 0 Å². The van der Waals surface area contributed by atoms with Crippen LogP contribution < -0.4 is 11.1 Å². The van der Waals surface area contributed by atoms with Crippen molar-refractivity contribution < 1.29 is 4.74 Å². The van der Waals surface area contributed by atoms with Gasteiger partial charge in [-0.15, -0.1) is 0 Å². The van der Waals surface area contributed by atoms with Gasteiger partial charge in [0.15, 0.2) is 0 Å². The highest BCUT2D eigenvalue weighted by Crippen LogP contribution is 2.28. The van der Waals surface area contributed by atoms with Crippen LogP contribution in [0.3, 0.4) is 0 Å². The molecule has 0 aromatic heterocycles. The van der Waals surface area contributed by atoms with E-state index in [0.29, 0.717) is 12.1 Å². The van der Waals surface area contributed by atoms with Crippen LogP contribution in [-0.4, -0.2) is 30.8 Å². The van der Waals surface area contributed by atoms with Gasteiger partial charge in [-0.2, -0.15) is 0 Å². The molecule has 0 radical (unpaired) electrons. The SMILES string of the molecule is CC1OCCC1(C)NCC1CC(N)C1. The first-order valence-corrected chi connectivity index (χ1v) is 5.72. The predicted molar refractivity (Wildman–Crippen MR) is 57.1 cm³/mol. The van der Waals surface area contributed by atoms with Crippen molar-refractivity contribution in [3.05, 3.63) is 0 Å². The van der Waals surface area contributed by atoms with Gasteiger partial charge < -0.3 is 15.8 Å². The molecule has 3 N–H and O–H groups in total. The monoisotopic (exact) mass is 198 g/mol. The Morgan fingerprint density at radius 3 is 2.71 bits per heavy atom. The molecule has 0 aromatic carbocycles. The average Bonchev–Trinajstić information content (AvgIpc) is 2.40. The zero-order valence-corrected chi connectivity index (χ0v) is 9.25. The van der Waals surface area contributed by atoms with Crippen LogP contribution >= 0.6 is 0 Å². The Morgan fingerprint density at radius 1 is 1.50 bits per heavy atom. The summed E-state index contributed by atoms with van der Waals surface area (Å²) in [7, 11) is 0. The fourth-order valence-corrected chi connectivity index (χ4v) is 2.40. The third-order valence-corrected chi connectivity index (χ3v) is 3.95. The van der Waals surface area contributed by atoms with E-state index in [0.717, 1.165) is 25.5 Å². The molecule has 1 saturated heterocycles. The van der Waals surface area contributed by atoms with Crippen molar-refractivity contribution in [1.82, 2.24) is 5.32 Å². The Balaban J connectivity index is 1.74. The van der Waals surface area contributed by atoms with E-state index in [-0.39, 0.29) is 5.54 Å². The Labute approximate surface area is 86.4 Å². The summed E-state index contributed by atoms with van der Waals surface area (Å²) in [5.74, 6) is 0.801. The van der Waals surface area contributed by atoms with Gasteiger partial charge >= 0.3 is 0 Å². The smallest absolute Gasteiger partial charge is 0.0726 e. The molecule has 0 aromatic rings. The molecule has 2 aliphatic rings. The third kappa shape index (κ3) is 1.95. The molecule has 0 amide bonds. The maximum Gasteiger partial charge on any atom is 0.0726 e. The van der Waals surface area contributed by atoms with Gasteiger partial charge in [-0.3, -0.25) is 0 Å². The lowest BCUT2D eigenvalue weighted by Gasteiger charge is -2.37. The summed E-state index contributed by atoms with van der Waals surface area (Å²) in [6.07, 6.45) is 3.86. The molecule has 2 unspecified atom stereocenters. The fraction of sp³-hybridized carbons (Fsp3) is 1.00. The van der Waals surface area contributed by atoms with Crippen LogP contribution in [0.1, 0.15) is 33.1 Å². The van der Waals surface area contributed by atoms with Crippen LogP contribution in [0.2, 0.25) is 0 Å². The lowest BCUT2D eigenvalue weighted by molar-refractivity contribution is 0.0842. The van der Waals surface area contributed by atoms with Gasteiger partial charge in [0.2, 0.25) is 0 Å². The normalized spacial score (nSPS) is 47.8. The molecule has 0 spiro atoms. The molecule has 3 heteroatoms. The summed E-state index contributed by atoms with van der Waals surface area (Å²) in [6, 6.07) is 0.465. The minimum Gasteiger partial charge on any atom is -0.377 e. The Kier molecular flexibility index (Phi) is 2.82. The molecule has 1 aliphatic heterocycles.